The third kappa shape index (κ3) is 3.16. The Kier molecular flexibility index (Phi) is 4.24. The van der Waals surface area contributed by atoms with Gasteiger partial charge in [-0.3, -0.25) is 5.10 Å². The zero-order chi connectivity index (χ0) is 17.3. The van der Waals surface area contributed by atoms with E-state index in [1.165, 1.54) is 50.9 Å². The topological polar surface area (TPSA) is 81.8 Å². The number of hydrogen-bond acceptors (Lipinski definition) is 6. The Hall–Kier alpha value is -2.15. The van der Waals surface area contributed by atoms with Gasteiger partial charge in [0.25, 0.3) is 0 Å². The maximum atomic E-state index is 4.73. The minimum Gasteiger partial charge on any atom is -0.340 e. The van der Waals surface area contributed by atoms with Crippen LogP contribution in [0.2, 0.25) is 0 Å². The van der Waals surface area contributed by atoms with Gasteiger partial charge in [0.1, 0.15) is 5.82 Å². The molecule has 0 bridgehead atoms. The van der Waals surface area contributed by atoms with Crippen LogP contribution in [0.3, 0.4) is 0 Å². The van der Waals surface area contributed by atoms with Crippen molar-refractivity contribution in [1.29, 1.82) is 0 Å². The van der Waals surface area contributed by atoms with Crippen LogP contribution in [0.1, 0.15) is 43.7 Å². The van der Waals surface area contributed by atoms with E-state index in [0.717, 1.165) is 42.5 Å². The van der Waals surface area contributed by atoms with Gasteiger partial charge in [0, 0.05) is 37.0 Å². The Bertz CT molecular complexity index is 748. The summed E-state index contributed by atoms with van der Waals surface area (Å²) in [5.41, 5.74) is 1.25. The van der Waals surface area contributed by atoms with Gasteiger partial charge in [0.15, 0.2) is 5.82 Å². The fourth-order valence-corrected chi connectivity index (χ4v) is 4.55. The first-order valence-electron chi connectivity index (χ1n) is 9.96. The first kappa shape index (κ1) is 16.1. The number of anilines is 3. The number of aromatic nitrogens is 4. The van der Waals surface area contributed by atoms with E-state index >= 15 is 0 Å². The molecule has 7 nitrogen and oxygen atoms in total. The van der Waals surface area contributed by atoms with Gasteiger partial charge in [-0.2, -0.15) is 10.1 Å². The summed E-state index contributed by atoms with van der Waals surface area (Å²) >= 11 is 0. The van der Waals surface area contributed by atoms with Crippen molar-refractivity contribution >= 4 is 17.6 Å². The highest BCUT2D eigenvalue weighted by Crippen LogP contribution is 2.34. The molecule has 4 heterocycles. The molecule has 1 unspecified atom stereocenters. The molecule has 0 spiro atoms. The van der Waals surface area contributed by atoms with E-state index in [9.17, 15) is 0 Å². The predicted molar refractivity (Wildman–Crippen MR) is 102 cm³/mol. The number of rotatable bonds is 5. The van der Waals surface area contributed by atoms with Crippen molar-refractivity contribution in [1.82, 2.24) is 25.5 Å². The van der Waals surface area contributed by atoms with Gasteiger partial charge in [-0.25, -0.2) is 4.98 Å². The molecule has 1 saturated carbocycles. The molecule has 1 aliphatic carbocycles. The lowest BCUT2D eigenvalue weighted by atomic mass is 9.87. The Labute approximate surface area is 154 Å². The molecule has 3 fully saturated rings. The first-order valence-corrected chi connectivity index (χ1v) is 9.96. The monoisotopic (exact) mass is 353 g/mol. The standard InChI is InChI=1S/C19H27N7/c1-2-4-13(3-1)16-9-18(25-24-16)22-17-5-7-21-19(23-17)26-8-6-14(12-26)15-10-20-11-15/h5,7,9,13-15,20H,1-4,6,8,10-12H2,(H2,21,22,23,24,25). The summed E-state index contributed by atoms with van der Waals surface area (Å²) in [5, 5.41) is 14.3. The maximum absolute atomic E-state index is 4.73. The summed E-state index contributed by atoms with van der Waals surface area (Å²) in [4.78, 5) is 11.6. The van der Waals surface area contributed by atoms with Crippen molar-refractivity contribution in [3.8, 4) is 0 Å². The fraction of sp³-hybridized carbons (Fsp3) is 0.632. The van der Waals surface area contributed by atoms with E-state index in [1.807, 2.05) is 12.3 Å². The Morgan fingerprint density at radius 3 is 2.77 bits per heavy atom. The number of aromatic amines is 1. The van der Waals surface area contributed by atoms with Gasteiger partial charge in [0.05, 0.1) is 0 Å². The molecular formula is C19H27N7. The molecule has 0 amide bonds. The average molecular weight is 353 g/mol. The van der Waals surface area contributed by atoms with Crippen molar-refractivity contribution in [3.05, 3.63) is 24.0 Å². The van der Waals surface area contributed by atoms with Crippen molar-refractivity contribution in [3.63, 3.8) is 0 Å². The molecule has 26 heavy (non-hydrogen) atoms. The summed E-state index contributed by atoms with van der Waals surface area (Å²) in [6, 6.07) is 4.05. The first-order chi connectivity index (χ1) is 12.8. The molecule has 138 valence electrons. The van der Waals surface area contributed by atoms with Gasteiger partial charge >= 0.3 is 0 Å². The van der Waals surface area contributed by atoms with Crippen LogP contribution in [-0.2, 0) is 0 Å². The lowest BCUT2D eigenvalue weighted by Gasteiger charge is -2.32. The lowest BCUT2D eigenvalue weighted by molar-refractivity contribution is 0.250. The Morgan fingerprint density at radius 2 is 1.96 bits per heavy atom. The van der Waals surface area contributed by atoms with E-state index in [1.54, 1.807) is 0 Å². The average Bonchev–Trinajstić information content (AvgIpc) is 3.35. The zero-order valence-electron chi connectivity index (χ0n) is 15.1. The second-order valence-electron chi connectivity index (χ2n) is 7.97. The number of nitrogens with zero attached hydrogens (tertiary/aromatic N) is 4. The molecule has 3 N–H and O–H groups in total. The van der Waals surface area contributed by atoms with Crippen LogP contribution < -0.4 is 15.5 Å². The van der Waals surface area contributed by atoms with Crippen LogP contribution in [0.5, 0.6) is 0 Å². The summed E-state index contributed by atoms with van der Waals surface area (Å²) < 4.78 is 0. The number of H-pyrrole nitrogens is 1. The van der Waals surface area contributed by atoms with Crippen molar-refractivity contribution in [2.45, 2.75) is 38.0 Å². The van der Waals surface area contributed by atoms with E-state index in [2.05, 4.69) is 36.8 Å². The Morgan fingerprint density at radius 1 is 1.08 bits per heavy atom. The molecule has 1 atom stereocenters. The minimum atomic E-state index is 0.640. The van der Waals surface area contributed by atoms with E-state index < -0.39 is 0 Å². The molecule has 7 heteroatoms. The van der Waals surface area contributed by atoms with E-state index in [4.69, 9.17) is 4.98 Å². The van der Waals surface area contributed by atoms with Gasteiger partial charge in [-0.15, -0.1) is 0 Å². The molecule has 0 aromatic carbocycles. The van der Waals surface area contributed by atoms with Gasteiger partial charge in [-0.05, 0) is 50.3 Å². The highest BCUT2D eigenvalue weighted by atomic mass is 15.3. The lowest BCUT2D eigenvalue weighted by Crippen LogP contribution is -2.46. The van der Waals surface area contributed by atoms with Crippen LogP contribution in [0.25, 0.3) is 0 Å². The third-order valence-electron chi connectivity index (χ3n) is 6.28. The molecule has 5 rings (SSSR count). The second kappa shape index (κ2) is 6.87. The summed E-state index contributed by atoms with van der Waals surface area (Å²) in [6.07, 6.45) is 8.29. The summed E-state index contributed by atoms with van der Waals surface area (Å²) in [5.74, 6) is 4.73. The van der Waals surface area contributed by atoms with Crippen LogP contribution in [0.15, 0.2) is 18.3 Å². The normalized spacial score (nSPS) is 24.2. The zero-order valence-corrected chi connectivity index (χ0v) is 15.1. The second-order valence-corrected chi connectivity index (χ2v) is 7.97. The third-order valence-corrected chi connectivity index (χ3v) is 6.28. The van der Waals surface area contributed by atoms with Crippen molar-refractivity contribution in [2.75, 3.05) is 36.4 Å². The molecular weight excluding hydrogens is 326 g/mol. The fourth-order valence-electron chi connectivity index (χ4n) is 4.55. The Balaban J connectivity index is 1.25. The predicted octanol–water partition coefficient (Wildman–Crippen LogP) is 2.65. The van der Waals surface area contributed by atoms with Crippen molar-refractivity contribution < 1.29 is 0 Å². The molecule has 2 saturated heterocycles. The molecule has 3 aliphatic rings. The number of nitrogens with one attached hydrogen (secondary N) is 3. The molecule has 2 aromatic heterocycles. The summed E-state index contributed by atoms with van der Waals surface area (Å²) in [6.45, 7) is 4.47. The van der Waals surface area contributed by atoms with Crippen molar-refractivity contribution in [2.24, 2.45) is 11.8 Å². The van der Waals surface area contributed by atoms with Crippen LogP contribution in [0.4, 0.5) is 17.6 Å². The summed E-state index contributed by atoms with van der Waals surface area (Å²) in [7, 11) is 0. The highest BCUT2D eigenvalue weighted by molar-refractivity contribution is 5.53. The van der Waals surface area contributed by atoms with Crippen LogP contribution in [-0.4, -0.2) is 46.3 Å². The number of hydrogen-bond donors (Lipinski definition) is 3. The smallest absolute Gasteiger partial charge is 0.227 e. The molecule has 2 aromatic rings. The highest BCUT2D eigenvalue weighted by Gasteiger charge is 2.33. The van der Waals surface area contributed by atoms with Crippen LogP contribution >= 0.6 is 0 Å². The maximum Gasteiger partial charge on any atom is 0.227 e. The minimum absolute atomic E-state index is 0.640. The quantitative estimate of drug-likeness (QED) is 0.767. The van der Waals surface area contributed by atoms with Crippen LogP contribution in [0, 0.1) is 11.8 Å². The van der Waals surface area contributed by atoms with E-state index in [0.29, 0.717) is 5.92 Å². The molecule has 2 aliphatic heterocycles. The van der Waals surface area contributed by atoms with E-state index in [-0.39, 0.29) is 0 Å². The SMILES string of the molecule is c1cc(Nc2cc(C3CCCC3)[nH]n2)nc(N2CCC(C3CNC3)C2)n1. The van der Waals surface area contributed by atoms with Gasteiger partial charge < -0.3 is 15.5 Å². The van der Waals surface area contributed by atoms with Gasteiger partial charge in [-0.1, -0.05) is 12.8 Å². The largest absolute Gasteiger partial charge is 0.340 e. The molecule has 0 radical (unpaired) electrons. The van der Waals surface area contributed by atoms with Gasteiger partial charge in [0.2, 0.25) is 5.95 Å².